The van der Waals surface area contributed by atoms with Crippen LogP contribution in [0, 0.1) is 5.82 Å². The van der Waals surface area contributed by atoms with Crippen molar-refractivity contribution in [3.63, 3.8) is 0 Å². The monoisotopic (exact) mass is 264 g/mol. The van der Waals surface area contributed by atoms with Crippen LogP contribution in [-0.2, 0) is 0 Å². The molecule has 0 aliphatic rings. The molecule has 2 N–H and O–H groups in total. The molecular weight excluding hydrogens is 251 g/mol. The number of hydrogen-bond acceptors (Lipinski definition) is 2. The predicted molar refractivity (Wildman–Crippen MR) is 79.5 cm³/mol. The number of benzene rings is 2. The maximum Gasteiger partial charge on any atom is 0.131 e. The molecule has 0 aliphatic heterocycles. The van der Waals surface area contributed by atoms with E-state index in [9.17, 15) is 4.39 Å². The van der Waals surface area contributed by atoms with Crippen LogP contribution in [0.5, 0.6) is 0 Å². The number of aromatic nitrogens is 1. The standard InChI is InChI=1S/C17H13FN2/c18-16-11-13(15-7-4-10-20-17(15)19)8-9-14(16)12-5-2-1-3-6-12/h1-11H,(H2,19,20). The summed E-state index contributed by atoms with van der Waals surface area (Å²) in [5, 5.41) is 0. The topological polar surface area (TPSA) is 38.9 Å². The largest absolute Gasteiger partial charge is 0.383 e. The molecule has 1 heterocycles. The Kier molecular flexibility index (Phi) is 3.17. The number of rotatable bonds is 2. The zero-order chi connectivity index (χ0) is 13.9. The molecule has 98 valence electrons. The molecule has 0 radical (unpaired) electrons. The van der Waals surface area contributed by atoms with E-state index in [2.05, 4.69) is 4.98 Å². The van der Waals surface area contributed by atoms with Gasteiger partial charge in [-0.25, -0.2) is 9.37 Å². The molecule has 0 saturated carbocycles. The Labute approximate surface area is 116 Å². The maximum absolute atomic E-state index is 14.3. The number of anilines is 1. The first-order valence-corrected chi connectivity index (χ1v) is 6.31. The second-order valence-corrected chi connectivity index (χ2v) is 4.50. The van der Waals surface area contributed by atoms with Crippen LogP contribution in [0.1, 0.15) is 0 Å². The molecule has 2 aromatic carbocycles. The van der Waals surface area contributed by atoms with Gasteiger partial charge in [0.15, 0.2) is 0 Å². The Balaban J connectivity index is 2.07. The normalized spacial score (nSPS) is 10.4. The second-order valence-electron chi connectivity index (χ2n) is 4.50. The van der Waals surface area contributed by atoms with E-state index < -0.39 is 0 Å². The summed E-state index contributed by atoms with van der Waals surface area (Å²) in [5.41, 5.74) is 8.73. The molecule has 2 nitrogen and oxygen atoms in total. The van der Waals surface area contributed by atoms with Gasteiger partial charge in [0.1, 0.15) is 11.6 Å². The Hall–Kier alpha value is -2.68. The number of nitrogen functional groups attached to an aromatic ring is 1. The minimum absolute atomic E-state index is 0.267. The van der Waals surface area contributed by atoms with Crippen molar-refractivity contribution >= 4 is 5.82 Å². The molecule has 0 aliphatic carbocycles. The molecule has 3 heteroatoms. The van der Waals surface area contributed by atoms with Crippen molar-refractivity contribution in [1.29, 1.82) is 0 Å². The number of hydrogen-bond donors (Lipinski definition) is 1. The summed E-state index contributed by atoms with van der Waals surface area (Å²) in [4.78, 5) is 4.02. The fourth-order valence-corrected chi connectivity index (χ4v) is 2.20. The first-order chi connectivity index (χ1) is 9.75. The second kappa shape index (κ2) is 5.13. The third-order valence-corrected chi connectivity index (χ3v) is 3.20. The quantitative estimate of drug-likeness (QED) is 0.755. The van der Waals surface area contributed by atoms with Crippen LogP contribution in [0.15, 0.2) is 66.9 Å². The summed E-state index contributed by atoms with van der Waals surface area (Å²) < 4.78 is 14.3. The van der Waals surface area contributed by atoms with Gasteiger partial charge in [-0.2, -0.15) is 0 Å². The van der Waals surface area contributed by atoms with E-state index >= 15 is 0 Å². The van der Waals surface area contributed by atoms with Gasteiger partial charge in [-0.15, -0.1) is 0 Å². The summed E-state index contributed by atoms with van der Waals surface area (Å²) in [6.45, 7) is 0. The summed E-state index contributed by atoms with van der Waals surface area (Å²) in [5.74, 6) is 0.135. The van der Waals surface area contributed by atoms with Crippen molar-refractivity contribution in [2.45, 2.75) is 0 Å². The third kappa shape index (κ3) is 2.26. The molecule has 1 aromatic heterocycles. The van der Waals surface area contributed by atoms with Gasteiger partial charge in [0.05, 0.1) is 0 Å². The van der Waals surface area contributed by atoms with E-state index in [1.165, 1.54) is 6.07 Å². The van der Waals surface area contributed by atoms with Gasteiger partial charge >= 0.3 is 0 Å². The van der Waals surface area contributed by atoms with Gasteiger partial charge < -0.3 is 5.73 Å². The lowest BCUT2D eigenvalue weighted by molar-refractivity contribution is 0.632. The fourth-order valence-electron chi connectivity index (χ4n) is 2.20. The lowest BCUT2D eigenvalue weighted by Gasteiger charge is -2.08. The molecular formula is C17H13FN2. The SMILES string of the molecule is Nc1ncccc1-c1ccc(-c2ccccc2)c(F)c1. The van der Waals surface area contributed by atoms with Crippen molar-refractivity contribution in [3.05, 3.63) is 72.7 Å². The Morgan fingerprint density at radius 2 is 1.60 bits per heavy atom. The van der Waals surface area contributed by atoms with Crippen LogP contribution in [0.3, 0.4) is 0 Å². The molecule has 0 bridgehead atoms. The van der Waals surface area contributed by atoms with Crippen molar-refractivity contribution in [3.8, 4) is 22.3 Å². The minimum atomic E-state index is -0.267. The molecule has 0 atom stereocenters. The van der Waals surface area contributed by atoms with Crippen LogP contribution in [0.25, 0.3) is 22.3 Å². The van der Waals surface area contributed by atoms with Crippen molar-refractivity contribution in [1.82, 2.24) is 4.98 Å². The molecule has 3 rings (SSSR count). The highest BCUT2D eigenvalue weighted by Gasteiger charge is 2.08. The van der Waals surface area contributed by atoms with Gasteiger partial charge in [0, 0.05) is 17.3 Å². The van der Waals surface area contributed by atoms with Crippen molar-refractivity contribution < 1.29 is 4.39 Å². The lowest BCUT2D eigenvalue weighted by Crippen LogP contribution is -1.94. The van der Waals surface area contributed by atoms with Crippen molar-refractivity contribution in [2.24, 2.45) is 0 Å². The summed E-state index contributed by atoms with van der Waals surface area (Å²) >= 11 is 0. The van der Waals surface area contributed by atoms with E-state index in [0.29, 0.717) is 11.4 Å². The van der Waals surface area contributed by atoms with Crippen LogP contribution >= 0.6 is 0 Å². The molecule has 0 saturated heterocycles. The van der Waals surface area contributed by atoms with E-state index in [1.54, 1.807) is 18.3 Å². The van der Waals surface area contributed by atoms with Gasteiger partial charge in [-0.3, -0.25) is 0 Å². The van der Waals surface area contributed by atoms with Crippen LogP contribution < -0.4 is 5.73 Å². The Morgan fingerprint density at radius 1 is 0.800 bits per heavy atom. The van der Waals surface area contributed by atoms with E-state index in [1.807, 2.05) is 42.5 Å². The van der Waals surface area contributed by atoms with Crippen LogP contribution in [0.2, 0.25) is 0 Å². The van der Waals surface area contributed by atoms with Gasteiger partial charge in [0.25, 0.3) is 0 Å². The molecule has 0 spiro atoms. The average molecular weight is 264 g/mol. The third-order valence-electron chi connectivity index (χ3n) is 3.20. The lowest BCUT2D eigenvalue weighted by atomic mass is 10.00. The van der Waals surface area contributed by atoms with E-state index in [-0.39, 0.29) is 5.82 Å². The number of nitrogens with two attached hydrogens (primary N) is 1. The summed E-state index contributed by atoms with van der Waals surface area (Å²) in [6.07, 6.45) is 1.62. The zero-order valence-corrected chi connectivity index (χ0v) is 10.8. The number of halogens is 1. The molecule has 0 fully saturated rings. The minimum Gasteiger partial charge on any atom is -0.383 e. The highest BCUT2D eigenvalue weighted by Crippen LogP contribution is 2.29. The fraction of sp³-hybridized carbons (Fsp3) is 0. The first-order valence-electron chi connectivity index (χ1n) is 6.31. The summed E-state index contributed by atoms with van der Waals surface area (Å²) in [7, 11) is 0. The van der Waals surface area contributed by atoms with Crippen LogP contribution in [0.4, 0.5) is 10.2 Å². The van der Waals surface area contributed by atoms with Gasteiger partial charge in [0.2, 0.25) is 0 Å². The number of nitrogens with zero attached hydrogens (tertiary/aromatic N) is 1. The first kappa shape index (κ1) is 12.4. The maximum atomic E-state index is 14.3. The Bertz CT molecular complexity index is 739. The molecule has 3 aromatic rings. The van der Waals surface area contributed by atoms with E-state index in [4.69, 9.17) is 5.73 Å². The van der Waals surface area contributed by atoms with Gasteiger partial charge in [-0.1, -0.05) is 42.5 Å². The molecule has 0 amide bonds. The van der Waals surface area contributed by atoms with Crippen LogP contribution in [-0.4, -0.2) is 4.98 Å². The van der Waals surface area contributed by atoms with Crippen molar-refractivity contribution in [2.75, 3.05) is 5.73 Å². The van der Waals surface area contributed by atoms with E-state index in [0.717, 1.165) is 16.7 Å². The number of pyridine rings is 1. The summed E-state index contributed by atoms with van der Waals surface area (Å²) in [6, 6.07) is 18.2. The highest BCUT2D eigenvalue weighted by atomic mass is 19.1. The van der Waals surface area contributed by atoms with Gasteiger partial charge in [-0.05, 0) is 29.3 Å². The molecule has 20 heavy (non-hydrogen) atoms. The average Bonchev–Trinajstić information content (AvgIpc) is 2.48. The highest BCUT2D eigenvalue weighted by molar-refractivity contribution is 5.76. The predicted octanol–water partition coefficient (Wildman–Crippen LogP) is 4.14. The zero-order valence-electron chi connectivity index (χ0n) is 10.8. The molecule has 0 unspecified atom stereocenters. The Morgan fingerprint density at radius 3 is 2.30 bits per heavy atom. The smallest absolute Gasteiger partial charge is 0.131 e.